The Labute approximate surface area is 179 Å². The van der Waals surface area contributed by atoms with E-state index in [2.05, 4.69) is 29.6 Å². The standard InChI is InChI=1S/C25H29N2O2P/c1-4-26-25(29)20-15-17-23(18-16-20)30(19-24(28)27(2)3,21-11-7-5-8-12-21)22-13-9-6-10-14-22/h5-18,30H,4,19H2,1-3H3,(H,26,29). The van der Waals surface area contributed by atoms with Crippen LogP contribution in [0.15, 0.2) is 84.9 Å². The van der Waals surface area contributed by atoms with Crippen molar-refractivity contribution in [2.24, 2.45) is 0 Å². The van der Waals surface area contributed by atoms with Gasteiger partial charge in [0.25, 0.3) is 0 Å². The van der Waals surface area contributed by atoms with E-state index in [9.17, 15) is 9.59 Å². The maximum absolute atomic E-state index is 13.0. The van der Waals surface area contributed by atoms with Crippen LogP contribution in [0, 0.1) is 0 Å². The van der Waals surface area contributed by atoms with Crippen molar-refractivity contribution in [3.05, 3.63) is 90.5 Å². The molecular formula is C25H29N2O2P. The molecule has 0 saturated heterocycles. The average molecular weight is 420 g/mol. The van der Waals surface area contributed by atoms with Crippen LogP contribution in [0.3, 0.4) is 0 Å². The zero-order valence-corrected chi connectivity index (χ0v) is 18.8. The molecule has 0 heterocycles. The predicted molar refractivity (Wildman–Crippen MR) is 128 cm³/mol. The molecule has 0 unspecified atom stereocenters. The third kappa shape index (κ3) is 4.44. The van der Waals surface area contributed by atoms with Gasteiger partial charge in [0.05, 0.1) is 0 Å². The van der Waals surface area contributed by atoms with E-state index >= 15 is 0 Å². The van der Waals surface area contributed by atoms with Crippen LogP contribution in [0.1, 0.15) is 17.3 Å². The zero-order chi connectivity index (χ0) is 21.6. The molecule has 0 radical (unpaired) electrons. The van der Waals surface area contributed by atoms with Crippen LogP contribution >= 0.6 is 7.26 Å². The molecule has 5 heteroatoms. The van der Waals surface area contributed by atoms with Gasteiger partial charge in [-0.05, 0) is 0 Å². The topological polar surface area (TPSA) is 49.4 Å². The van der Waals surface area contributed by atoms with Gasteiger partial charge < -0.3 is 0 Å². The van der Waals surface area contributed by atoms with E-state index in [4.69, 9.17) is 0 Å². The molecule has 0 atom stereocenters. The first-order valence-electron chi connectivity index (χ1n) is 10.2. The fourth-order valence-corrected chi connectivity index (χ4v) is 8.45. The van der Waals surface area contributed by atoms with Crippen LogP contribution < -0.4 is 21.2 Å². The zero-order valence-electron chi connectivity index (χ0n) is 17.8. The molecule has 0 bridgehead atoms. The van der Waals surface area contributed by atoms with E-state index in [0.29, 0.717) is 18.3 Å². The minimum atomic E-state index is -2.65. The summed E-state index contributed by atoms with van der Waals surface area (Å²) in [6.45, 7) is 2.49. The minimum absolute atomic E-state index is 0.0832. The molecule has 0 fully saturated rings. The predicted octanol–water partition coefficient (Wildman–Crippen LogP) is 2.55. The van der Waals surface area contributed by atoms with Crippen LogP contribution in [-0.2, 0) is 4.79 Å². The molecule has 3 aromatic carbocycles. The first-order valence-corrected chi connectivity index (χ1v) is 12.4. The summed E-state index contributed by atoms with van der Waals surface area (Å²) >= 11 is 0. The molecule has 0 aliphatic carbocycles. The molecule has 0 saturated carbocycles. The van der Waals surface area contributed by atoms with Gasteiger partial charge in [-0.3, -0.25) is 0 Å². The Kier molecular flexibility index (Phi) is 7.02. The van der Waals surface area contributed by atoms with Gasteiger partial charge in [-0.25, -0.2) is 0 Å². The van der Waals surface area contributed by atoms with E-state index in [0.717, 1.165) is 5.30 Å². The number of amides is 2. The summed E-state index contributed by atoms with van der Waals surface area (Å²) in [5.41, 5.74) is 0.628. The van der Waals surface area contributed by atoms with Gasteiger partial charge in [0.2, 0.25) is 0 Å². The van der Waals surface area contributed by atoms with Crippen molar-refractivity contribution >= 4 is 35.0 Å². The Bertz CT molecular complexity index is 947. The molecule has 30 heavy (non-hydrogen) atoms. The van der Waals surface area contributed by atoms with Crippen LogP contribution in [0.2, 0.25) is 0 Å². The second-order valence-corrected chi connectivity index (χ2v) is 11.4. The summed E-state index contributed by atoms with van der Waals surface area (Å²) in [4.78, 5) is 27.0. The van der Waals surface area contributed by atoms with Crippen molar-refractivity contribution in [2.75, 3.05) is 26.8 Å². The SMILES string of the molecule is CCNC(=O)c1ccc([PH](CC(=O)N(C)C)(c2ccccc2)c2ccccc2)cc1. The fraction of sp³-hybridized carbons (Fsp3) is 0.200. The van der Waals surface area contributed by atoms with Gasteiger partial charge >= 0.3 is 179 Å². The number of rotatable bonds is 7. The fourth-order valence-electron chi connectivity index (χ4n) is 3.81. The molecular weight excluding hydrogens is 391 g/mol. The van der Waals surface area contributed by atoms with E-state index in [1.54, 1.807) is 19.0 Å². The first-order chi connectivity index (χ1) is 14.5. The van der Waals surface area contributed by atoms with Gasteiger partial charge in [0, 0.05) is 0 Å². The van der Waals surface area contributed by atoms with Crippen molar-refractivity contribution in [3.8, 4) is 0 Å². The number of benzene rings is 3. The van der Waals surface area contributed by atoms with Gasteiger partial charge in [0.15, 0.2) is 0 Å². The number of nitrogens with one attached hydrogen (secondary N) is 1. The molecule has 1 N–H and O–H groups in total. The van der Waals surface area contributed by atoms with E-state index in [1.807, 2.05) is 67.6 Å². The first kappa shape index (κ1) is 21.7. The molecule has 156 valence electrons. The second kappa shape index (κ2) is 9.69. The summed E-state index contributed by atoms with van der Waals surface area (Å²) in [7, 11) is 0.954. The van der Waals surface area contributed by atoms with E-state index in [1.165, 1.54) is 10.6 Å². The van der Waals surface area contributed by atoms with E-state index in [-0.39, 0.29) is 11.8 Å². The van der Waals surface area contributed by atoms with Gasteiger partial charge in [-0.1, -0.05) is 0 Å². The quantitative estimate of drug-likeness (QED) is 0.598. The Morgan fingerprint density at radius 3 is 1.67 bits per heavy atom. The van der Waals surface area contributed by atoms with Crippen molar-refractivity contribution in [3.63, 3.8) is 0 Å². The Hall–Kier alpha value is -2.97. The van der Waals surface area contributed by atoms with Gasteiger partial charge in [-0.2, -0.15) is 0 Å². The number of hydrogen-bond donors (Lipinski definition) is 1. The van der Waals surface area contributed by atoms with Gasteiger partial charge in [0.1, 0.15) is 0 Å². The second-order valence-electron chi connectivity index (χ2n) is 7.54. The molecule has 0 spiro atoms. The summed E-state index contributed by atoms with van der Waals surface area (Å²) in [5, 5.41) is 6.31. The number of nitrogens with zero attached hydrogens (tertiary/aromatic N) is 1. The third-order valence-corrected chi connectivity index (χ3v) is 10.2. The maximum atomic E-state index is 13.0. The van der Waals surface area contributed by atoms with Crippen molar-refractivity contribution in [1.82, 2.24) is 10.2 Å². The Morgan fingerprint density at radius 1 is 0.767 bits per heavy atom. The van der Waals surface area contributed by atoms with Crippen molar-refractivity contribution in [2.45, 2.75) is 6.92 Å². The normalized spacial score (nSPS) is 11.6. The molecule has 3 rings (SSSR count). The number of hydrogen-bond acceptors (Lipinski definition) is 2. The van der Waals surface area contributed by atoms with Crippen LogP contribution in [0.5, 0.6) is 0 Å². The van der Waals surface area contributed by atoms with Crippen LogP contribution in [-0.4, -0.2) is 43.5 Å². The van der Waals surface area contributed by atoms with Crippen LogP contribution in [0.25, 0.3) is 0 Å². The van der Waals surface area contributed by atoms with Crippen molar-refractivity contribution < 1.29 is 9.59 Å². The number of carbonyl (C=O) groups is 2. The average Bonchev–Trinajstić information content (AvgIpc) is 2.78. The van der Waals surface area contributed by atoms with Crippen LogP contribution in [0.4, 0.5) is 0 Å². The molecule has 3 aromatic rings. The summed E-state index contributed by atoms with van der Waals surface area (Å²) in [6.07, 6.45) is 0.425. The third-order valence-electron chi connectivity index (χ3n) is 5.43. The molecule has 0 aliphatic heterocycles. The molecule has 0 aliphatic rings. The Morgan fingerprint density at radius 2 is 1.23 bits per heavy atom. The summed E-state index contributed by atoms with van der Waals surface area (Å²) < 4.78 is 0. The Balaban J connectivity index is 2.22. The monoisotopic (exact) mass is 420 g/mol. The number of carbonyl (C=O) groups excluding carboxylic acids is 2. The molecule has 4 nitrogen and oxygen atoms in total. The summed E-state index contributed by atoms with van der Waals surface area (Å²) in [5.74, 6) is 0.0160. The summed E-state index contributed by atoms with van der Waals surface area (Å²) in [6, 6.07) is 28.4. The van der Waals surface area contributed by atoms with Crippen molar-refractivity contribution in [1.29, 1.82) is 0 Å². The van der Waals surface area contributed by atoms with Gasteiger partial charge in [-0.15, -0.1) is 0 Å². The van der Waals surface area contributed by atoms with E-state index < -0.39 is 7.26 Å². The molecule has 2 amide bonds. The molecule has 0 aromatic heterocycles.